The molecule has 0 bridgehead atoms. The van der Waals surface area contributed by atoms with E-state index in [1.165, 1.54) is 4.90 Å². The Hall–Kier alpha value is -3.97. The Labute approximate surface area is 221 Å². The highest BCUT2D eigenvalue weighted by molar-refractivity contribution is 6.36. The Morgan fingerprint density at radius 3 is 2.32 bits per heavy atom. The molecular weight excluding hydrogens is 488 g/mol. The molecular formula is C29H29ClN4O3. The number of aliphatic imine (C=N–C) groups is 1. The van der Waals surface area contributed by atoms with E-state index in [9.17, 15) is 14.4 Å². The number of fused-ring (bicyclic) bond motifs is 1. The van der Waals surface area contributed by atoms with Crippen molar-refractivity contribution in [2.45, 2.75) is 33.9 Å². The molecule has 1 atom stereocenters. The van der Waals surface area contributed by atoms with Gasteiger partial charge in [-0.1, -0.05) is 80.9 Å². The molecule has 3 amide bonds. The van der Waals surface area contributed by atoms with Crippen LogP contribution in [0.3, 0.4) is 0 Å². The van der Waals surface area contributed by atoms with E-state index in [2.05, 4.69) is 10.6 Å². The van der Waals surface area contributed by atoms with E-state index >= 15 is 0 Å². The molecule has 1 aliphatic heterocycles. The number of ketones is 1. The molecule has 4 rings (SSSR count). The third-order valence-corrected chi connectivity index (χ3v) is 6.35. The molecule has 3 aromatic carbocycles. The van der Waals surface area contributed by atoms with Crippen molar-refractivity contribution >= 4 is 46.4 Å². The topological polar surface area (TPSA) is 90.9 Å². The van der Waals surface area contributed by atoms with Gasteiger partial charge in [-0.15, -0.1) is 0 Å². The molecule has 0 aromatic heterocycles. The maximum absolute atomic E-state index is 13.9. The van der Waals surface area contributed by atoms with Gasteiger partial charge in [0.25, 0.3) is 5.91 Å². The number of amides is 3. The molecule has 7 nitrogen and oxygen atoms in total. The molecule has 1 heterocycles. The first-order valence-corrected chi connectivity index (χ1v) is 12.3. The summed E-state index contributed by atoms with van der Waals surface area (Å²) in [6, 6.07) is 21.1. The quantitative estimate of drug-likeness (QED) is 0.462. The first-order valence-electron chi connectivity index (χ1n) is 12.0. The molecule has 0 fully saturated rings. The van der Waals surface area contributed by atoms with E-state index in [0.717, 1.165) is 5.56 Å². The highest BCUT2D eigenvalue weighted by Crippen LogP contribution is 2.31. The van der Waals surface area contributed by atoms with Crippen LogP contribution in [0.25, 0.3) is 0 Å². The summed E-state index contributed by atoms with van der Waals surface area (Å²) in [6.45, 7) is 7.17. The molecule has 0 unspecified atom stereocenters. The summed E-state index contributed by atoms with van der Waals surface area (Å²) in [5.74, 6) is -0.647. The molecule has 2 N–H and O–H groups in total. The van der Waals surface area contributed by atoms with Crippen LogP contribution in [0.15, 0.2) is 77.8 Å². The van der Waals surface area contributed by atoms with Crippen LogP contribution in [-0.2, 0) is 9.59 Å². The fraction of sp³-hybridized carbons (Fsp3) is 0.241. The number of halogens is 1. The van der Waals surface area contributed by atoms with Crippen LogP contribution in [0.2, 0.25) is 5.02 Å². The lowest BCUT2D eigenvalue weighted by molar-refractivity contribution is -0.127. The third kappa shape index (κ3) is 5.89. The van der Waals surface area contributed by atoms with Crippen LogP contribution in [-0.4, -0.2) is 36.1 Å². The van der Waals surface area contributed by atoms with Crippen LogP contribution >= 0.6 is 11.6 Å². The van der Waals surface area contributed by atoms with E-state index < -0.39 is 23.5 Å². The summed E-state index contributed by atoms with van der Waals surface area (Å²) in [4.78, 5) is 46.0. The largest absolute Gasteiger partial charge is 0.321 e. The highest BCUT2D eigenvalue weighted by Gasteiger charge is 2.36. The summed E-state index contributed by atoms with van der Waals surface area (Å²) in [6.07, 6.45) is -1.30. The molecule has 0 saturated heterocycles. The Kier molecular flexibility index (Phi) is 7.45. The van der Waals surface area contributed by atoms with Crippen molar-refractivity contribution in [3.8, 4) is 0 Å². The van der Waals surface area contributed by atoms with Gasteiger partial charge in [0.2, 0.25) is 6.17 Å². The number of aryl methyl sites for hydroxylation is 1. The average molecular weight is 517 g/mol. The van der Waals surface area contributed by atoms with Gasteiger partial charge in [0.1, 0.15) is 0 Å². The number of Topliss-reactive ketones (excluding diaryl/α,β-unsaturated/α-hetero) is 1. The van der Waals surface area contributed by atoms with Crippen molar-refractivity contribution in [1.82, 2.24) is 5.32 Å². The number of anilines is 2. The number of urea groups is 1. The number of carbonyl (C=O) groups is 3. The van der Waals surface area contributed by atoms with Gasteiger partial charge in [-0.05, 0) is 36.8 Å². The molecule has 0 radical (unpaired) electrons. The van der Waals surface area contributed by atoms with Crippen molar-refractivity contribution in [3.05, 3.63) is 94.5 Å². The van der Waals surface area contributed by atoms with Gasteiger partial charge in [-0.3, -0.25) is 9.59 Å². The Bertz CT molecular complexity index is 1390. The lowest BCUT2D eigenvalue weighted by Gasteiger charge is -2.28. The predicted octanol–water partition coefficient (Wildman–Crippen LogP) is 5.60. The smallest absolute Gasteiger partial charge is 0.308 e. The molecule has 8 heteroatoms. The first kappa shape index (κ1) is 26.1. The van der Waals surface area contributed by atoms with Gasteiger partial charge in [-0.2, -0.15) is 0 Å². The molecule has 0 spiro atoms. The number of hydrogen-bond acceptors (Lipinski definition) is 4. The average Bonchev–Trinajstić information content (AvgIpc) is 2.94. The maximum Gasteiger partial charge on any atom is 0.321 e. The second kappa shape index (κ2) is 10.6. The van der Waals surface area contributed by atoms with Crippen molar-refractivity contribution in [2.24, 2.45) is 10.4 Å². The van der Waals surface area contributed by atoms with Crippen molar-refractivity contribution < 1.29 is 14.4 Å². The van der Waals surface area contributed by atoms with Gasteiger partial charge in [-0.25, -0.2) is 9.79 Å². The number of nitrogens with one attached hydrogen (secondary N) is 2. The minimum Gasteiger partial charge on any atom is -0.308 e. The number of benzene rings is 3. The summed E-state index contributed by atoms with van der Waals surface area (Å²) >= 11 is 6.54. The second-order valence-corrected chi connectivity index (χ2v) is 10.3. The minimum absolute atomic E-state index is 0.125. The summed E-state index contributed by atoms with van der Waals surface area (Å²) in [5.41, 5.74) is 3.10. The van der Waals surface area contributed by atoms with E-state index in [1.54, 1.807) is 51.1 Å². The van der Waals surface area contributed by atoms with E-state index in [4.69, 9.17) is 16.6 Å². The Balaban J connectivity index is 1.79. The van der Waals surface area contributed by atoms with E-state index in [1.807, 2.05) is 49.4 Å². The summed E-state index contributed by atoms with van der Waals surface area (Å²) < 4.78 is 0. The van der Waals surface area contributed by atoms with Crippen molar-refractivity contribution in [3.63, 3.8) is 0 Å². The second-order valence-electron chi connectivity index (χ2n) is 9.94. The van der Waals surface area contributed by atoms with Crippen molar-refractivity contribution in [2.75, 3.05) is 16.8 Å². The zero-order valence-electron chi connectivity index (χ0n) is 21.2. The molecule has 0 saturated carbocycles. The standard InChI is InChI=1S/C29H29ClN4O3/c1-18-10-9-11-19(16-18)31-28(37)33-26-27(36)34(17-24(35)29(2,3)4)23-15-8-6-13-21(23)25(32-26)20-12-5-7-14-22(20)30/h5-16,26H,17H2,1-4H3,(H2,31,33,37)/t26-/m0/s1. The number of nitrogens with zero attached hydrogens (tertiary/aromatic N) is 2. The van der Waals surface area contributed by atoms with Crippen LogP contribution in [0.5, 0.6) is 0 Å². The third-order valence-electron chi connectivity index (χ3n) is 6.02. The lowest BCUT2D eigenvalue weighted by atomic mass is 9.90. The molecule has 190 valence electrons. The normalized spacial score (nSPS) is 15.4. The molecule has 37 heavy (non-hydrogen) atoms. The summed E-state index contributed by atoms with van der Waals surface area (Å²) in [7, 11) is 0. The van der Waals surface area contributed by atoms with Crippen molar-refractivity contribution in [1.29, 1.82) is 0 Å². The fourth-order valence-corrected chi connectivity index (χ4v) is 4.17. The zero-order valence-corrected chi connectivity index (χ0v) is 22.0. The minimum atomic E-state index is -1.30. The van der Waals surface area contributed by atoms with Gasteiger partial charge in [0, 0.05) is 27.3 Å². The summed E-state index contributed by atoms with van der Waals surface area (Å²) in [5, 5.41) is 5.89. The van der Waals surface area contributed by atoms with E-state index in [0.29, 0.717) is 33.2 Å². The fourth-order valence-electron chi connectivity index (χ4n) is 3.95. The SMILES string of the molecule is Cc1cccc(NC(=O)N[C@@H]2N=C(c3ccccc3Cl)c3ccccc3N(CC(=O)C(C)(C)C)C2=O)c1. The van der Waals surface area contributed by atoms with Gasteiger partial charge in [0.05, 0.1) is 17.9 Å². The van der Waals surface area contributed by atoms with Gasteiger partial charge >= 0.3 is 6.03 Å². The molecule has 1 aliphatic rings. The van der Waals surface area contributed by atoms with Crippen LogP contribution in [0.1, 0.15) is 37.5 Å². The molecule has 0 aliphatic carbocycles. The number of carbonyl (C=O) groups excluding carboxylic acids is 3. The monoisotopic (exact) mass is 516 g/mol. The van der Waals surface area contributed by atoms with Gasteiger partial charge < -0.3 is 15.5 Å². The van der Waals surface area contributed by atoms with Crippen LogP contribution in [0.4, 0.5) is 16.2 Å². The maximum atomic E-state index is 13.9. The number of hydrogen-bond donors (Lipinski definition) is 2. The number of rotatable bonds is 5. The first-order chi connectivity index (χ1) is 17.5. The van der Waals surface area contributed by atoms with Crippen LogP contribution in [0, 0.1) is 12.3 Å². The van der Waals surface area contributed by atoms with Crippen LogP contribution < -0.4 is 15.5 Å². The highest BCUT2D eigenvalue weighted by atomic mass is 35.5. The number of benzodiazepines with no additional fused rings is 1. The van der Waals surface area contributed by atoms with Gasteiger partial charge in [0.15, 0.2) is 5.78 Å². The molecule has 3 aromatic rings. The number of para-hydroxylation sites is 1. The Morgan fingerprint density at radius 1 is 0.973 bits per heavy atom. The Morgan fingerprint density at radius 2 is 1.65 bits per heavy atom. The zero-order chi connectivity index (χ0) is 26.7. The lowest BCUT2D eigenvalue weighted by Crippen LogP contribution is -2.50. The predicted molar refractivity (Wildman–Crippen MR) is 147 cm³/mol. The van der Waals surface area contributed by atoms with E-state index in [-0.39, 0.29) is 12.3 Å².